The van der Waals surface area contributed by atoms with Crippen LogP contribution in [0.1, 0.15) is 0 Å². The summed E-state index contributed by atoms with van der Waals surface area (Å²) in [6.45, 7) is 0. The molecule has 1 rings (SSSR count). The van der Waals surface area contributed by atoms with Crippen molar-refractivity contribution in [2.24, 2.45) is 0 Å². The molecule has 0 radical (unpaired) electrons. The van der Waals surface area contributed by atoms with Gasteiger partial charge in [-0.15, -0.1) is 0 Å². The largest absolute Gasteiger partial charge is 4.00 e. The fourth-order valence-corrected chi connectivity index (χ4v) is 1.82. The molecule has 0 spiro atoms. The first-order chi connectivity index (χ1) is 8.41. The van der Waals surface area contributed by atoms with Gasteiger partial charge in [-0.1, -0.05) is 12.1 Å². The van der Waals surface area contributed by atoms with Crippen LogP contribution in [0.15, 0.2) is 29.2 Å². The molecule has 0 heterocycles. The standard InChI is InChI=1S/C6H5O6PS.H3O4P.Ti/c7-13(8)12-5-3-1-2-4-6(5)14(9,10)11;1-5(2,3)4;/h1-4H,(H,9,10,11);(H3,1,2,3,4);/q;;+4/p-3. The van der Waals surface area contributed by atoms with E-state index in [-0.39, 0.29) is 21.7 Å². The van der Waals surface area contributed by atoms with Crippen LogP contribution in [0.25, 0.3) is 0 Å². The second-order valence-corrected chi connectivity index (χ2v) is 5.60. The summed E-state index contributed by atoms with van der Waals surface area (Å²) in [5.41, 5.74) is 0. The monoisotopic (exact) mass is 379 g/mol. The van der Waals surface area contributed by atoms with Gasteiger partial charge in [0.1, 0.15) is 4.90 Å². The third kappa shape index (κ3) is 11.6. The normalized spacial score (nSPS) is 11.6. The number of rotatable bonds is 3. The van der Waals surface area contributed by atoms with Crippen LogP contribution in [0.5, 0.6) is 5.75 Å². The van der Waals surface area contributed by atoms with Crippen LogP contribution in [0.4, 0.5) is 0 Å². The van der Waals surface area contributed by atoms with Crippen molar-refractivity contribution >= 4 is 26.2 Å². The molecule has 0 aromatic heterocycles. The second kappa shape index (κ2) is 8.96. The Kier molecular flexibility index (Phi) is 9.90. The van der Waals surface area contributed by atoms with Crippen LogP contribution in [0.3, 0.4) is 0 Å². The molecule has 0 saturated heterocycles. The number of hydrogen-bond donors (Lipinski definition) is 1. The van der Waals surface area contributed by atoms with Crippen molar-refractivity contribution < 1.29 is 67.9 Å². The topological polar surface area (TPSA) is 190 Å². The van der Waals surface area contributed by atoms with E-state index in [1.807, 2.05) is 0 Å². The number of hydrogen-bond acceptors (Lipinski definition) is 9. The molecule has 0 bridgehead atoms. The summed E-state index contributed by atoms with van der Waals surface area (Å²) < 4.78 is 53.0. The average molecular weight is 379 g/mol. The van der Waals surface area contributed by atoms with Gasteiger partial charge in [-0.25, -0.2) is 0 Å². The maximum absolute atomic E-state index is 10.7. The van der Waals surface area contributed by atoms with Crippen molar-refractivity contribution in [2.45, 2.75) is 4.90 Å². The Bertz CT molecular complexity index is 587. The van der Waals surface area contributed by atoms with Crippen LogP contribution in [-0.4, -0.2) is 13.0 Å². The van der Waals surface area contributed by atoms with Crippen molar-refractivity contribution in [3.63, 3.8) is 0 Å². The molecule has 1 aromatic carbocycles. The first kappa shape index (κ1) is 22.1. The summed E-state index contributed by atoms with van der Waals surface area (Å²) in [6, 6.07) is 4.86. The number of para-hydroxylation sites is 1. The van der Waals surface area contributed by atoms with Crippen molar-refractivity contribution in [3.8, 4) is 5.75 Å². The van der Waals surface area contributed by atoms with Gasteiger partial charge < -0.3 is 24.1 Å². The van der Waals surface area contributed by atoms with E-state index in [2.05, 4.69) is 4.52 Å². The predicted octanol–water partition coefficient (Wildman–Crippen LogP) is -2.50. The molecule has 0 aliphatic rings. The Labute approximate surface area is 129 Å². The zero-order valence-electron chi connectivity index (χ0n) is 9.23. The first-order valence-corrected chi connectivity index (χ1v) is 8.03. The van der Waals surface area contributed by atoms with Crippen LogP contribution in [0, 0.1) is 0 Å². The third-order valence-electron chi connectivity index (χ3n) is 1.30. The van der Waals surface area contributed by atoms with Crippen LogP contribution in [0.2, 0.25) is 0 Å². The third-order valence-corrected chi connectivity index (χ3v) is 2.54. The van der Waals surface area contributed by atoms with Crippen molar-refractivity contribution in [1.82, 2.24) is 0 Å². The van der Waals surface area contributed by atoms with Gasteiger partial charge in [0, 0.05) is 0 Å². The Morgan fingerprint density at radius 2 is 1.60 bits per heavy atom. The molecule has 0 amide bonds. The minimum Gasteiger partial charge on any atom is -0.822 e. The summed E-state index contributed by atoms with van der Waals surface area (Å²) in [5.74, 6) is -0.425. The van der Waals surface area contributed by atoms with E-state index in [4.69, 9.17) is 23.8 Å². The smallest absolute Gasteiger partial charge is 0.822 e. The van der Waals surface area contributed by atoms with Gasteiger partial charge in [-0.05, 0) is 16.7 Å². The molecule has 108 valence electrons. The van der Waals surface area contributed by atoms with E-state index in [1.54, 1.807) is 0 Å². The molecule has 14 heteroatoms. The quantitative estimate of drug-likeness (QED) is 0.334. The molecule has 1 aromatic rings. The van der Waals surface area contributed by atoms with Crippen LogP contribution >= 0.6 is 16.1 Å². The summed E-state index contributed by atoms with van der Waals surface area (Å²) in [4.78, 5) is 35.2. The van der Waals surface area contributed by atoms with Crippen LogP contribution < -0.4 is 24.1 Å². The Hall–Kier alpha value is -0.186. The van der Waals surface area contributed by atoms with Gasteiger partial charge in [0.25, 0.3) is 10.1 Å². The van der Waals surface area contributed by atoms with Crippen LogP contribution in [-0.2, 0) is 41.0 Å². The zero-order valence-corrected chi connectivity index (χ0v) is 13.4. The van der Waals surface area contributed by atoms with Crippen molar-refractivity contribution in [2.75, 3.05) is 0 Å². The summed E-state index contributed by atoms with van der Waals surface area (Å²) in [5, 5.41) is 0. The molecular formula is C6H5O10P2STi+. The molecule has 20 heavy (non-hydrogen) atoms. The molecule has 0 aliphatic heterocycles. The van der Waals surface area contributed by atoms with Crippen molar-refractivity contribution in [1.29, 1.82) is 0 Å². The van der Waals surface area contributed by atoms with E-state index < -0.39 is 36.8 Å². The Morgan fingerprint density at radius 3 is 1.95 bits per heavy atom. The maximum Gasteiger partial charge on any atom is 4.00 e. The van der Waals surface area contributed by atoms with Gasteiger partial charge in [0.15, 0.2) is 0 Å². The zero-order chi connectivity index (χ0) is 15.3. The molecule has 0 saturated carbocycles. The van der Waals surface area contributed by atoms with Gasteiger partial charge in [0.2, 0.25) is 5.75 Å². The fourth-order valence-electron chi connectivity index (χ4n) is 0.819. The maximum atomic E-state index is 10.7. The molecule has 10 nitrogen and oxygen atoms in total. The van der Waals surface area contributed by atoms with E-state index >= 15 is 0 Å². The molecule has 1 unspecified atom stereocenters. The van der Waals surface area contributed by atoms with Gasteiger partial charge in [-0.3, -0.25) is 9.08 Å². The fraction of sp³-hybridized carbons (Fsp3) is 0. The molecule has 1 atom stereocenters. The first-order valence-electron chi connectivity index (χ1n) is 4.03. The molecule has 0 aliphatic carbocycles. The Balaban J connectivity index is 0. The van der Waals surface area contributed by atoms with E-state index in [0.717, 1.165) is 12.1 Å². The molecule has 0 fully saturated rings. The van der Waals surface area contributed by atoms with Gasteiger partial charge >= 0.3 is 30.0 Å². The average Bonchev–Trinajstić information content (AvgIpc) is 2.12. The number of benzene rings is 1. The number of phosphoric acid groups is 1. The summed E-state index contributed by atoms with van der Waals surface area (Å²) in [7, 11) is -13.1. The van der Waals surface area contributed by atoms with E-state index in [9.17, 15) is 17.9 Å². The minimum atomic E-state index is -5.39. The SMILES string of the molecule is O=P([O-])([O-])[O-].O=[P+]([O-])Oc1ccccc1S(=O)(=O)O.[Ti+4]. The molecular weight excluding hydrogens is 374 g/mol. The second-order valence-electron chi connectivity index (χ2n) is 2.68. The summed E-state index contributed by atoms with van der Waals surface area (Å²) in [6.07, 6.45) is 0. The van der Waals surface area contributed by atoms with E-state index in [1.165, 1.54) is 12.1 Å². The molecule has 1 N–H and O–H groups in total. The van der Waals surface area contributed by atoms with Gasteiger partial charge in [0.05, 0.1) is 0 Å². The van der Waals surface area contributed by atoms with Crippen molar-refractivity contribution in [3.05, 3.63) is 24.3 Å². The summed E-state index contributed by atoms with van der Waals surface area (Å²) >= 11 is 0. The minimum absolute atomic E-state index is 0. The Morgan fingerprint density at radius 1 is 1.20 bits per heavy atom. The van der Waals surface area contributed by atoms with E-state index in [0.29, 0.717) is 0 Å². The van der Waals surface area contributed by atoms with Gasteiger partial charge in [-0.2, -0.15) is 16.2 Å². The predicted molar refractivity (Wildman–Crippen MR) is 52.1 cm³/mol.